The molecule has 10 nitrogen and oxygen atoms in total. The van der Waals surface area contributed by atoms with Crippen LogP contribution < -0.4 is 10.6 Å². The van der Waals surface area contributed by atoms with Crippen LogP contribution in [0, 0.1) is 6.92 Å². The van der Waals surface area contributed by atoms with Crippen molar-refractivity contribution in [3.8, 4) is 11.3 Å². The summed E-state index contributed by atoms with van der Waals surface area (Å²) in [5.41, 5.74) is 2.70. The Kier molecular flexibility index (Phi) is 5.81. The number of aryl methyl sites for hydroxylation is 1. The molecular weight excluding hydrogens is 434 g/mol. The highest BCUT2D eigenvalue weighted by molar-refractivity contribution is 7.14. The lowest BCUT2D eigenvalue weighted by Crippen LogP contribution is -2.14. The third-order valence-electron chi connectivity index (χ3n) is 4.49. The highest BCUT2D eigenvalue weighted by Crippen LogP contribution is 2.26. The Balaban J connectivity index is 1.44. The van der Waals surface area contributed by atoms with E-state index in [0.717, 1.165) is 0 Å². The fraction of sp³-hybridized carbons (Fsp3) is 0.0952. The molecule has 3 heterocycles. The number of rotatable bonds is 6. The van der Waals surface area contributed by atoms with E-state index in [1.54, 1.807) is 48.8 Å². The Morgan fingerprint density at radius 2 is 2.00 bits per heavy atom. The number of amides is 2. The van der Waals surface area contributed by atoms with Crippen molar-refractivity contribution in [2.75, 3.05) is 17.7 Å². The van der Waals surface area contributed by atoms with Gasteiger partial charge < -0.3 is 19.6 Å². The average molecular weight is 451 g/mol. The number of thiazole rings is 1. The van der Waals surface area contributed by atoms with Crippen molar-refractivity contribution >= 4 is 39.9 Å². The molecule has 0 spiro atoms. The summed E-state index contributed by atoms with van der Waals surface area (Å²) in [5, 5.41) is 11.2. The number of carbonyl (C=O) groups is 3. The molecule has 0 radical (unpaired) electrons. The monoisotopic (exact) mass is 451 g/mol. The minimum absolute atomic E-state index is 0.307. The van der Waals surface area contributed by atoms with Gasteiger partial charge in [-0.3, -0.25) is 14.9 Å². The number of benzene rings is 1. The summed E-state index contributed by atoms with van der Waals surface area (Å²) >= 11 is 1.25. The molecule has 0 aliphatic carbocycles. The van der Waals surface area contributed by atoms with Crippen molar-refractivity contribution in [2.45, 2.75) is 6.92 Å². The van der Waals surface area contributed by atoms with Crippen LogP contribution in [0.1, 0.15) is 37.0 Å². The van der Waals surface area contributed by atoms with Gasteiger partial charge >= 0.3 is 5.97 Å². The van der Waals surface area contributed by atoms with E-state index in [2.05, 4.69) is 30.5 Å². The van der Waals surface area contributed by atoms with Crippen molar-refractivity contribution in [3.05, 3.63) is 70.7 Å². The molecule has 0 saturated carbocycles. The highest BCUT2D eigenvalue weighted by atomic mass is 32.1. The van der Waals surface area contributed by atoms with Gasteiger partial charge in [0.1, 0.15) is 17.0 Å². The Hall–Kier alpha value is -4.25. The van der Waals surface area contributed by atoms with Crippen molar-refractivity contribution in [3.63, 3.8) is 0 Å². The van der Waals surface area contributed by atoms with E-state index < -0.39 is 5.97 Å². The lowest BCUT2D eigenvalue weighted by molar-refractivity contribution is 0.0594. The molecular formula is C21H17N5O5S. The van der Waals surface area contributed by atoms with Gasteiger partial charge in [-0.2, -0.15) is 0 Å². The summed E-state index contributed by atoms with van der Waals surface area (Å²) in [7, 11) is 1.30. The van der Waals surface area contributed by atoms with Gasteiger partial charge in [0.15, 0.2) is 5.13 Å². The molecule has 11 heteroatoms. The van der Waals surface area contributed by atoms with E-state index in [4.69, 9.17) is 4.52 Å². The number of hydrogen-bond donors (Lipinski definition) is 3. The maximum absolute atomic E-state index is 12.7. The molecule has 1 aromatic carbocycles. The zero-order valence-corrected chi connectivity index (χ0v) is 17.8. The third-order valence-corrected chi connectivity index (χ3v) is 5.24. The van der Waals surface area contributed by atoms with Gasteiger partial charge in [0.2, 0.25) is 0 Å². The van der Waals surface area contributed by atoms with Gasteiger partial charge in [0.05, 0.1) is 19.0 Å². The van der Waals surface area contributed by atoms with Gasteiger partial charge in [0, 0.05) is 28.4 Å². The summed E-state index contributed by atoms with van der Waals surface area (Å²) in [6.45, 7) is 1.64. The Bertz CT molecular complexity index is 1310. The largest absolute Gasteiger partial charge is 0.464 e. The standard InChI is InChI=1S/C21H17N5O5S/c1-11-15(9-23-31-11)19(28)24-14-5-3-4-12(6-14)18(27)26-21-25-17(10-32-21)13-7-16(22-8-13)20(29)30-2/h3-10,22H,1-2H3,(H,24,28)(H,25,26,27). The van der Waals surface area contributed by atoms with E-state index in [9.17, 15) is 14.4 Å². The van der Waals surface area contributed by atoms with E-state index in [0.29, 0.717) is 44.7 Å². The second-order valence-electron chi connectivity index (χ2n) is 6.62. The van der Waals surface area contributed by atoms with Gasteiger partial charge in [0.25, 0.3) is 11.8 Å². The summed E-state index contributed by atoms with van der Waals surface area (Å²) in [6, 6.07) is 8.13. The predicted octanol–water partition coefficient (Wildman–Crippen LogP) is 3.73. The van der Waals surface area contributed by atoms with E-state index in [-0.39, 0.29) is 11.8 Å². The summed E-state index contributed by atoms with van der Waals surface area (Å²) < 4.78 is 9.57. The van der Waals surface area contributed by atoms with Crippen LogP contribution in [-0.2, 0) is 4.74 Å². The highest BCUT2D eigenvalue weighted by Gasteiger charge is 2.16. The summed E-state index contributed by atoms with van der Waals surface area (Å²) in [5.74, 6) is -0.848. The normalized spacial score (nSPS) is 10.6. The molecule has 0 saturated heterocycles. The molecule has 162 valence electrons. The second kappa shape index (κ2) is 8.86. The molecule has 2 amide bonds. The van der Waals surface area contributed by atoms with Crippen molar-refractivity contribution < 1.29 is 23.6 Å². The van der Waals surface area contributed by atoms with E-state index in [1.807, 2.05) is 0 Å². The lowest BCUT2D eigenvalue weighted by Gasteiger charge is -2.07. The number of H-pyrrole nitrogens is 1. The van der Waals surface area contributed by atoms with Crippen LogP contribution in [0.15, 0.2) is 52.6 Å². The molecule has 4 rings (SSSR count). The first kappa shape index (κ1) is 21.0. The maximum Gasteiger partial charge on any atom is 0.354 e. The van der Waals surface area contributed by atoms with E-state index >= 15 is 0 Å². The van der Waals surface area contributed by atoms with Gasteiger partial charge in [-0.15, -0.1) is 11.3 Å². The van der Waals surface area contributed by atoms with Crippen molar-refractivity contribution in [1.82, 2.24) is 15.1 Å². The molecule has 3 N–H and O–H groups in total. The molecule has 0 unspecified atom stereocenters. The lowest BCUT2D eigenvalue weighted by atomic mass is 10.1. The number of nitrogens with one attached hydrogen (secondary N) is 3. The van der Waals surface area contributed by atoms with Crippen molar-refractivity contribution in [2.24, 2.45) is 0 Å². The zero-order valence-electron chi connectivity index (χ0n) is 17.0. The van der Waals surface area contributed by atoms with E-state index in [1.165, 1.54) is 24.6 Å². The Labute approximate surface area is 185 Å². The topological polar surface area (TPSA) is 139 Å². The van der Waals surface area contributed by atoms with Crippen LogP contribution in [0.2, 0.25) is 0 Å². The average Bonchev–Trinajstić information content (AvgIpc) is 3.54. The number of methoxy groups -OCH3 is 1. The molecule has 0 fully saturated rings. The summed E-state index contributed by atoms with van der Waals surface area (Å²) in [6.07, 6.45) is 2.97. The maximum atomic E-state index is 12.7. The fourth-order valence-corrected chi connectivity index (χ4v) is 3.57. The molecule has 0 aliphatic rings. The zero-order chi connectivity index (χ0) is 22.7. The molecule has 4 aromatic rings. The number of aromatic amines is 1. The predicted molar refractivity (Wildman–Crippen MR) is 117 cm³/mol. The first-order chi connectivity index (χ1) is 15.4. The van der Waals surface area contributed by atoms with Crippen LogP contribution in [0.5, 0.6) is 0 Å². The van der Waals surface area contributed by atoms with Gasteiger partial charge in [-0.05, 0) is 31.2 Å². The fourth-order valence-electron chi connectivity index (χ4n) is 2.86. The van der Waals surface area contributed by atoms with Gasteiger partial charge in [-0.25, -0.2) is 9.78 Å². The molecule has 0 atom stereocenters. The first-order valence-corrected chi connectivity index (χ1v) is 10.2. The van der Waals surface area contributed by atoms with Crippen LogP contribution in [0.4, 0.5) is 10.8 Å². The SMILES string of the molecule is COC(=O)c1cc(-c2csc(NC(=O)c3cccc(NC(=O)c4cnoc4C)c3)n2)c[nH]1. The number of nitrogens with zero attached hydrogens (tertiary/aromatic N) is 2. The minimum atomic E-state index is -0.480. The minimum Gasteiger partial charge on any atom is -0.464 e. The molecule has 0 aliphatic heterocycles. The van der Waals surface area contributed by atoms with Crippen LogP contribution in [-0.4, -0.2) is 40.0 Å². The number of hydrogen-bond acceptors (Lipinski definition) is 8. The smallest absolute Gasteiger partial charge is 0.354 e. The molecule has 0 bridgehead atoms. The third kappa shape index (κ3) is 4.42. The Morgan fingerprint density at radius 3 is 2.75 bits per heavy atom. The number of ether oxygens (including phenoxy) is 1. The number of aromatic nitrogens is 3. The van der Waals surface area contributed by atoms with Gasteiger partial charge in [-0.1, -0.05) is 11.2 Å². The quantitative estimate of drug-likeness (QED) is 0.380. The van der Waals surface area contributed by atoms with Crippen LogP contribution >= 0.6 is 11.3 Å². The molecule has 3 aromatic heterocycles. The first-order valence-electron chi connectivity index (χ1n) is 9.31. The number of carbonyl (C=O) groups excluding carboxylic acids is 3. The molecule has 32 heavy (non-hydrogen) atoms. The van der Waals surface area contributed by atoms with Crippen LogP contribution in [0.3, 0.4) is 0 Å². The number of esters is 1. The summed E-state index contributed by atoms with van der Waals surface area (Å²) in [4.78, 5) is 43.8. The van der Waals surface area contributed by atoms with Crippen LogP contribution in [0.25, 0.3) is 11.3 Å². The Morgan fingerprint density at radius 1 is 1.16 bits per heavy atom. The number of anilines is 2. The van der Waals surface area contributed by atoms with Crippen molar-refractivity contribution in [1.29, 1.82) is 0 Å². The second-order valence-corrected chi connectivity index (χ2v) is 7.47.